The molecule has 0 aliphatic carbocycles. The first-order chi connectivity index (χ1) is 8.98. The van der Waals surface area contributed by atoms with Crippen molar-refractivity contribution in [3.8, 4) is 6.07 Å². The number of halogens is 3. The molecule has 1 saturated heterocycles. The van der Waals surface area contributed by atoms with E-state index < -0.39 is 12.7 Å². The van der Waals surface area contributed by atoms with Crippen LogP contribution >= 0.6 is 0 Å². The van der Waals surface area contributed by atoms with Gasteiger partial charge in [-0.15, -0.1) is 0 Å². The fourth-order valence-electron chi connectivity index (χ4n) is 2.03. The predicted octanol–water partition coefficient (Wildman–Crippen LogP) is 1.64. The van der Waals surface area contributed by atoms with Crippen LogP contribution in [-0.4, -0.2) is 48.8 Å². The Kier molecular flexibility index (Phi) is 3.90. The van der Waals surface area contributed by atoms with E-state index in [0.717, 1.165) is 0 Å². The fraction of sp³-hybridized carbons (Fsp3) is 0.500. The van der Waals surface area contributed by atoms with E-state index in [1.165, 1.54) is 11.1 Å². The molecule has 2 rings (SSSR count). The summed E-state index contributed by atoms with van der Waals surface area (Å²) >= 11 is 0. The van der Waals surface area contributed by atoms with Gasteiger partial charge in [0, 0.05) is 32.4 Å². The Morgan fingerprint density at radius 3 is 2.37 bits per heavy atom. The highest BCUT2D eigenvalue weighted by Crippen LogP contribution is 2.19. The van der Waals surface area contributed by atoms with Crippen molar-refractivity contribution < 1.29 is 13.2 Å². The van der Waals surface area contributed by atoms with Crippen LogP contribution in [0.4, 0.5) is 19.0 Å². The van der Waals surface area contributed by atoms with Gasteiger partial charge in [-0.3, -0.25) is 4.90 Å². The minimum Gasteiger partial charge on any atom is -0.354 e. The third-order valence-electron chi connectivity index (χ3n) is 2.98. The van der Waals surface area contributed by atoms with Gasteiger partial charge >= 0.3 is 6.18 Å². The molecule has 102 valence electrons. The molecule has 0 atom stereocenters. The van der Waals surface area contributed by atoms with E-state index in [-0.39, 0.29) is 0 Å². The number of piperazine rings is 1. The van der Waals surface area contributed by atoms with Crippen molar-refractivity contribution in [3.63, 3.8) is 0 Å². The molecule has 2 heterocycles. The normalized spacial score (nSPS) is 17.3. The Balaban J connectivity index is 1.91. The highest BCUT2D eigenvalue weighted by atomic mass is 19.4. The van der Waals surface area contributed by atoms with Gasteiger partial charge < -0.3 is 4.90 Å². The number of anilines is 1. The average Bonchev–Trinajstić information content (AvgIpc) is 2.38. The molecule has 0 unspecified atom stereocenters. The lowest BCUT2D eigenvalue weighted by molar-refractivity contribution is -0.146. The van der Waals surface area contributed by atoms with Crippen LogP contribution in [0.1, 0.15) is 5.56 Å². The van der Waals surface area contributed by atoms with Crippen LogP contribution in [0, 0.1) is 11.3 Å². The number of nitrogens with zero attached hydrogens (tertiary/aromatic N) is 4. The van der Waals surface area contributed by atoms with Crippen LogP contribution in [0.5, 0.6) is 0 Å². The Morgan fingerprint density at radius 2 is 1.89 bits per heavy atom. The lowest BCUT2D eigenvalue weighted by Gasteiger charge is -2.35. The molecule has 1 aliphatic rings. The minimum atomic E-state index is -4.14. The summed E-state index contributed by atoms with van der Waals surface area (Å²) < 4.78 is 36.7. The topological polar surface area (TPSA) is 43.2 Å². The summed E-state index contributed by atoms with van der Waals surface area (Å²) in [7, 11) is 0. The lowest BCUT2D eigenvalue weighted by Crippen LogP contribution is -2.49. The molecule has 0 saturated carbocycles. The standard InChI is InChI=1S/C12H13F3N4/c13-12(14,15)9-18-3-5-19(6-4-18)11-2-1-10(7-16)8-17-11/h1-2,8H,3-6,9H2. The fourth-order valence-corrected chi connectivity index (χ4v) is 2.03. The molecule has 0 amide bonds. The summed E-state index contributed by atoms with van der Waals surface area (Å²) in [6.07, 6.45) is -2.67. The van der Waals surface area contributed by atoms with Crippen molar-refractivity contribution in [1.82, 2.24) is 9.88 Å². The van der Waals surface area contributed by atoms with E-state index in [0.29, 0.717) is 37.6 Å². The molecule has 0 radical (unpaired) electrons. The second-order valence-electron chi connectivity index (χ2n) is 4.40. The van der Waals surface area contributed by atoms with Crippen molar-refractivity contribution in [2.45, 2.75) is 6.18 Å². The van der Waals surface area contributed by atoms with Gasteiger partial charge in [-0.2, -0.15) is 18.4 Å². The van der Waals surface area contributed by atoms with E-state index >= 15 is 0 Å². The largest absolute Gasteiger partial charge is 0.401 e. The van der Waals surface area contributed by atoms with Crippen molar-refractivity contribution >= 4 is 5.82 Å². The van der Waals surface area contributed by atoms with Crippen LogP contribution in [0.3, 0.4) is 0 Å². The monoisotopic (exact) mass is 270 g/mol. The highest BCUT2D eigenvalue weighted by molar-refractivity contribution is 5.42. The zero-order valence-electron chi connectivity index (χ0n) is 10.2. The minimum absolute atomic E-state index is 0.362. The number of nitriles is 1. The second kappa shape index (κ2) is 5.45. The number of alkyl halides is 3. The molecule has 1 fully saturated rings. The summed E-state index contributed by atoms with van der Waals surface area (Å²) in [6.45, 7) is 0.883. The van der Waals surface area contributed by atoms with Crippen LogP contribution in [0.15, 0.2) is 18.3 Å². The summed E-state index contributed by atoms with van der Waals surface area (Å²) in [6, 6.07) is 5.35. The van der Waals surface area contributed by atoms with E-state index in [1.54, 1.807) is 12.1 Å². The van der Waals surface area contributed by atoms with Crippen LogP contribution < -0.4 is 4.90 Å². The van der Waals surface area contributed by atoms with Crippen LogP contribution in [0.25, 0.3) is 0 Å². The molecule has 19 heavy (non-hydrogen) atoms. The average molecular weight is 270 g/mol. The molecule has 4 nitrogen and oxygen atoms in total. The Bertz CT molecular complexity index is 455. The Hall–Kier alpha value is -1.81. The molecule has 0 bridgehead atoms. The first-order valence-corrected chi connectivity index (χ1v) is 5.88. The predicted molar refractivity (Wildman–Crippen MR) is 63.7 cm³/mol. The first kappa shape index (κ1) is 13.6. The molecule has 7 heteroatoms. The Labute approximate surface area is 109 Å². The second-order valence-corrected chi connectivity index (χ2v) is 4.40. The van der Waals surface area contributed by atoms with Crippen LogP contribution in [0.2, 0.25) is 0 Å². The first-order valence-electron chi connectivity index (χ1n) is 5.88. The molecule has 0 aromatic carbocycles. The van der Waals surface area contributed by atoms with Gasteiger partial charge in [0.25, 0.3) is 0 Å². The molecule has 1 aromatic rings. The number of rotatable bonds is 2. The number of hydrogen-bond donors (Lipinski definition) is 0. The number of hydrogen-bond acceptors (Lipinski definition) is 4. The third kappa shape index (κ3) is 3.83. The van der Waals surface area contributed by atoms with Gasteiger partial charge in [0.05, 0.1) is 12.1 Å². The van der Waals surface area contributed by atoms with E-state index in [2.05, 4.69) is 4.98 Å². The molecule has 1 aromatic heterocycles. The third-order valence-corrected chi connectivity index (χ3v) is 2.98. The van der Waals surface area contributed by atoms with Gasteiger partial charge in [-0.25, -0.2) is 4.98 Å². The van der Waals surface area contributed by atoms with Crippen molar-refractivity contribution in [1.29, 1.82) is 5.26 Å². The lowest BCUT2D eigenvalue weighted by atomic mass is 10.2. The van der Waals surface area contributed by atoms with Gasteiger partial charge in [-0.05, 0) is 12.1 Å². The maximum atomic E-state index is 12.2. The summed E-state index contributed by atoms with van der Waals surface area (Å²) in [5, 5.41) is 8.66. The summed E-state index contributed by atoms with van der Waals surface area (Å²) in [4.78, 5) is 7.45. The van der Waals surface area contributed by atoms with Crippen molar-refractivity contribution in [3.05, 3.63) is 23.9 Å². The quantitative estimate of drug-likeness (QED) is 0.819. The summed E-state index contributed by atoms with van der Waals surface area (Å²) in [5.74, 6) is 0.700. The maximum absolute atomic E-state index is 12.2. The van der Waals surface area contributed by atoms with E-state index in [4.69, 9.17) is 5.26 Å². The molecule has 0 spiro atoms. The number of aromatic nitrogens is 1. The van der Waals surface area contributed by atoms with Crippen molar-refractivity contribution in [2.75, 3.05) is 37.6 Å². The Morgan fingerprint density at radius 1 is 1.21 bits per heavy atom. The SMILES string of the molecule is N#Cc1ccc(N2CCN(CC(F)(F)F)CC2)nc1. The molecule has 1 aliphatic heterocycles. The zero-order valence-corrected chi connectivity index (χ0v) is 10.2. The molecule has 0 N–H and O–H groups in total. The summed E-state index contributed by atoms with van der Waals surface area (Å²) in [5.41, 5.74) is 0.472. The highest BCUT2D eigenvalue weighted by Gasteiger charge is 2.32. The van der Waals surface area contributed by atoms with Gasteiger partial charge in [0.1, 0.15) is 11.9 Å². The van der Waals surface area contributed by atoms with Gasteiger partial charge in [-0.1, -0.05) is 0 Å². The van der Waals surface area contributed by atoms with E-state index in [9.17, 15) is 13.2 Å². The molecular weight excluding hydrogens is 257 g/mol. The number of pyridine rings is 1. The van der Waals surface area contributed by atoms with E-state index in [1.807, 2.05) is 11.0 Å². The van der Waals surface area contributed by atoms with Crippen LogP contribution in [-0.2, 0) is 0 Å². The smallest absolute Gasteiger partial charge is 0.354 e. The van der Waals surface area contributed by atoms with Crippen molar-refractivity contribution in [2.24, 2.45) is 0 Å². The maximum Gasteiger partial charge on any atom is 0.401 e. The molecular formula is C12H13F3N4. The zero-order chi connectivity index (χ0) is 13.9. The van der Waals surface area contributed by atoms with Gasteiger partial charge in [0.15, 0.2) is 0 Å². The van der Waals surface area contributed by atoms with Gasteiger partial charge in [0.2, 0.25) is 0 Å².